The molecule has 4 fully saturated rings. The number of carbonyl (C=O) groups excluding carboxylic acids is 2. The first-order valence-electron chi connectivity index (χ1n) is 12.7. The van der Waals surface area contributed by atoms with Gasteiger partial charge in [0.15, 0.2) is 17.9 Å². The Morgan fingerprint density at radius 2 is 1.91 bits per heavy atom. The first-order valence-corrected chi connectivity index (χ1v) is 13.0. The van der Waals surface area contributed by atoms with Crippen molar-refractivity contribution in [1.29, 1.82) is 0 Å². The summed E-state index contributed by atoms with van der Waals surface area (Å²) in [5.74, 6) is 2.22. The maximum Gasteiger partial charge on any atom is 0.162 e. The van der Waals surface area contributed by atoms with Gasteiger partial charge in [0, 0.05) is 28.4 Å². The van der Waals surface area contributed by atoms with E-state index in [1.807, 2.05) is 6.08 Å². The Balaban J connectivity index is 1.38. The van der Waals surface area contributed by atoms with Gasteiger partial charge in [0.2, 0.25) is 0 Å². The van der Waals surface area contributed by atoms with Gasteiger partial charge >= 0.3 is 0 Å². The second kappa shape index (κ2) is 7.02. The van der Waals surface area contributed by atoms with Crippen LogP contribution >= 0.6 is 11.6 Å². The molecule has 0 aromatic heterocycles. The lowest BCUT2D eigenvalue weighted by Gasteiger charge is -2.58. The number of hydrogen-bond acceptors (Lipinski definition) is 4. The maximum atomic E-state index is 13.2. The zero-order valence-corrected chi connectivity index (χ0v) is 20.2. The van der Waals surface area contributed by atoms with Crippen LogP contribution in [0.3, 0.4) is 0 Å². The quantitative estimate of drug-likeness (QED) is 0.553. The molecule has 9 atom stereocenters. The van der Waals surface area contributed by atoms with Gasteiger partial charge in [-0.15, -0.1) is 0 Å². The summed E-state index contributed by atoms with van der Waals surface area (Å²) in [6.45, 7) is 7.10. The SMILES string of the molecule is CC(=O)[C@@]1(OC2CCCCO2)CC[C@H]2[C@@H]3C=C(Cl)C4=CC(=O)C5CC5[C@@]4(C)[C@@H]3CC[C@@]21C. The monoisotopic (exact) mass is 458 g/mol. The first-order chi connectivity index (χ1) is 15.2. The molecule has 6 aliphatic rings. The van der Waals surface area contributed by atoms with E-state index in [1.165, 1.54) is 0 Å². The molecule has 1 saturated heterocycles. The summed E-state index contributed by atoms with van der Waals surface area (Å²) < 4.78 is 12.6. The van der Waals surface area contributed by atoms with Crippen LogP contribution in [0.5, 0.6) is 0 Å². The van der Waals surface area contributed by atoms with E-state index in [9.17, 15) is 9.59 Å². The standard InChI is InChI=1S/C27H35ClO4/c1-15(29)27(32-24-6-4-5-11-31-24)10-8-18-16-13-22(28)21-14-23(30)17-12-20(17)26(21,3)19(16)7-9-25(18,27)2/h13-14,16-20,24H,4-12H2,1-3H3/t16-,17?,18-,19+,20?,24?,25-,26+,27-/m0/s1. The van der Waals surface area contributed by atoms with Crippen molar-refractivity contribution in [3.05, 3.63) is 22.8 Å². The van der Waals surface area contributed by atoms with Crippen LogP contribution in [-0.2, 0) is 19.1 Å². The van der Waals surface area contributed by atoms with Gasteiger partial charge in [-0.1, -0.05) is 31.5 Å². The number of ether oxygens (including phenoxy) is 2. The van der Waals surface area contributed by atoms with Gasteiger partial charge in [-0.3, -0.25) is 9.59 Å². The fourth-order valence-electron chi connectivity index (χ4n) is 8.85. The molecule has 0 radical (unpaired) electrons. The van der Waals surface area contributed by atoms with E-state index in [1.54, 1.807) is 6.92 Å². The minimum Gasteiger partial charge on any atom is -0.353 e. The van der Waals surface area contributed by atoms with Crippen LogP contribution in [-0.4, -0.2) is 30.1 Å². The topological polar surface area (TPSA) is 52.6 Å². The van der Waals surface area contributed by atoms with E-state index in [0.717, 1.165) is 68.6 Å². The maximum absolute atomic E-state index is 13.2. The van der Waals surface area contributed by atoms with Gasteiger partial charge in [-0.2, -0.15) is 0 Å². The number of rotatable bonds is 3. The van der Waals surface area contributed by atoms with E-state index < -0.39 is 5.60 Å². The second-order valence-electron chi connectivity index (χ2n) is 11.8. The van der Waals surface area contributed by atoms with Crippen molar-refractivity contribution in [2.45, 2.75) is 84.0 Å². The molecule has 32 heavy (non-hydrogen) atoms. The zero-order valence-electron chi connectivity index (χ0n) is 19.5. The van der Waals surface area contributed by atoms with Crippen LogP contribution in [0, 0.1) is 40.4 Å². The lowest BCUT2D eigenvalue weighted by molar-refractivity contribution is -0.252. The predicted octanol–water partition coefficient (Wildman–Crippen LogP) is 5.59. The summed E-state index contributed by atoms with van der Waals surface area (Å²) in [6, 6.07) is 0. The molecule has 5 heteroatoms. The number of ketones is 2. The van der Waals surface area contributed by atoms with Gasteiger partial charge in [0.25, 0.3) is 0 Å². The van der Waals surface area contributed by atoms with Gasteiger partial charge in [-0.25, -0.2) is 0 Å². The third-order valence-electron chi connectivity index (χ3n) is 10.7. The molecule has 3 saturated carbocycles. The molecular weight excluding hydrogens is 424 g/mol. The molecule has 0 amide bonds. The number of carbonyl (C=O) groups is 2. The average Bonchev–Trinajstić information content (AvgIpc) is 3.52. The summed E-state index contributed by atoms with van der Waals surface area (Å²) in [4.78, 5) is 25.7. The number of allylic oxidation sites excluding steroid dienone is 4. The third kappa shape index (κ3) is 2.64. The minimum absolute atomic E-state index is 0.0226. The number of fused-ring (bicyclic) bond motifs is 7. The summed E-state index contributed by atoms with van der Waals surface area (Å²) in [5.41, 5.74) is 0.0626. The fraction of sp³-hybridized carbons (Fsp3) is 0.778. The van der Waals surface area contributed by atoms with Crippen molar-refractivity contribution in [3.8, 4) is 0 Å². The molecule has 0 aromatic carbocycles. The summed E-state index contributed by atoms with van der Waals surface area (Å²) in [7, 11) is 0. The third-order valence-corrected chi connectivity index (χ3v) is 11.0. The predicted molar refractivity (Wildman–Crippen MR) is 122 cm³/mol. The summed E-state index contributed by atoms with van der Waals surface area (Å²) in [5, 5.41) is 0.772. The van der Waals surface area contributed by atoms with Gasteiger partial charge in [0.1, 0.15) is 5.60 Å². The molecular formula is C27H35ClO4. The number of Topliss-reactive ketones (excluding diaryl/α,β-unsaturated/α-hetero) is 1. The van der Waals surface area contributed by atoms with Crippen LogP contribution < -0.4 is 0 Å². The summed E-state index contributed by atoms with van der Waals surface area (Å²) >= 11 is 6.90. The normalized spacial score (nSPS) is 51.6. The van der Waals surface area contributed by atoms with Gasteiger partial charge < -0.3 is 9.47 Å². The van der Waals surface area contributed by atoms with Crippen molar-refractivity contribution in [1.82, 2.24) is 0 Å². The Labute approximate surface area is 196 Å². The molecule has 6 rings (SSSR count). The molecule has 5 aliphatic carbocycles. The van der Waals surface area contributed by atoms with Crippen LogP contribution in [0.25, 0.3) is 0 Å². The average molecular weight is 459 g/mol. The smallest absolute Gasteiger partial charge is 0.162 e. The van der Waals surface area contributed by atoms with E-state index in [0.29, 0.717) is 23.7 Å². The van der Waals surface area contributed by atoms with Crippen molar-refractivity contribution in [2.24, 2.45) is 40.4 Å². The molecule has 174 valence electrons. The van der Waals surface area contributed by atoms with Crippen molar-refractivity contribution >= 4 is 23.2 Å². The fourth-order valence-corrected chi connectivity index (χ4v) is 9.25. The first kappa shape index (κ1) is 21.6. The molecule has 0 bridgehead atoms. The van der Waals surface area contributed by atoms with E-state index in [-0.39, 0.29) is 34.6 Å². The lowest BCUT2D eigenvalue weighted by Crippen LogP contribution is -2.59. The van der Waals surface area contributed by atoms with Crippen molar-refractivity contribution in [2.75, 3.05) is 6.61 Å². The highest BCUT2D eigenvalue weighted by molar-refractivity contribution is 6.32. The number of hydrogen-bond donors (Lipinski definition) is 0. The van der Waals surface area contributed by atoms with E-state index in [2.05, 4.69) is 19.9 Å². The summed E-state index contributed by atoms with van der Waals surface area (Å²) in [6.07, 6.45) is 11.6. The molecule has 3 unspecified atom stereocenters. The van der Waals surface area contributed by atoms with Crippen LogP contribution in [0.2, 0.25) is 0 Å². The van der Waals surface area contributed by atoms with Gasteiger partial charge in [0.05, 0.1) is 0 Å². The Hall–Kier alpha value is -0.970. The van der Waals surface area contributed by atoms with Crippen LogP contribution in [0.4, 0.5) is 0 Å². The molecule has 0 spiro atoms. The minimum atomic E-state index is -0.771. The largest absolute Gasteiger partial charge is 0.353 e. The van der Waals surface area contributed by atoms with Gasteiger partial charge in [-0.05, 0) is 93.6 Å². The molecule has 4 nitrogen and oxygen atoms in total. The number of halogens is 1. The van der Waals surface area contributed by atoms with E-state index >= 15 is 0 Å². The Bertz CT molecular complexity index is 932. The Morgan fingerprint density at radius 3 is 2.62 bits per heavy atom. The van der Waals surface area contributed by atoms with Crippen LogP contribution in [0.15, 0.2) is 22.8 Å². The highest BCUT2D eigenvalue weighted by Gasteiger charge is 2.70. The van der Waals surface area contributed by atoms with Crippen LogP contribution in [0.1, 0.15) is 72.1 Å². The Morgan fingerprint density at radius 1 is 1.12 bits per heavy atom. The van der Waals surface area contributed by atoms with Crippen molar-refractivity contribution < 1.29 is 19.1 Å². The van der Waals surface area contributed by atoms with E-state index in [4.69, 9.17) is 21.1 Å². The molecule has 0 N–H and O–H groups in total. The lowest BCUT2D eigenvalue weighted by atomic mass is 9.47. The molecule has 0 aromatic rings. The molecule has 1 heterocycles. The molecule has 1 aliphatic heterocycles. The van der Waals surface area contributed by atoms with Crippen molar-refractivity contribution in [3.63, 3.8) is 0 Å². The Kier molecular flexibility index (Phi) is 4.73. The zero-order chi connectivity index (χ0) is 22.5. The highest BCUT2D eigenvalue weighted by Crippen LogP contribution is 2.72. The highest BCUT2D eigenvalue weighted by atomic mass is 35.5. The second-order valence-corrected chi connectivity index (χ2v) is 12.2.